The minimum absolute atomic E-state index is 0.0585. The monoisotopic (exact) mass is 361 g/mol. The molecule has 0 radical (unpaired) electrons. The van der Waals surface area contributed by atoms with E-state index < -0.39 is 23.2 Å². The minimum atomic E-state index is -4.57. The van der Waals surface area contributed by atoms with E-state index in [4.69, 9.17) is 9.47 Å². The maximum absolute atomic E-state index is 13.2. The SMILES string of the molecule is CCCO[C@](C)(CCC)C(=O)Nc1ccc(OCC)c(C(F)(F)F)c1. The average Bonchev–Trinajstić information content (AvgIpc) is 2.53. The quantitative estimate of drug-likeness (QED) is 0.671. The Morgan fingerprint density at radius 2 is 1.84 bits per heavy atom. The van der Waals surface area contributed by atoms with Gasteiger partial charge in [-0.1, -0.05) is 20.3 Å². The highest BCUT2D eigenvalue weighted by Crippen LogP contribution is 2.38. The van der Waals surface area contributed by atoms with Crippen LogP contribution in [-0.4, -0.2) is 24.7 Å². The van der Waals surface area contributed by atoms with E-state index >= 15 is 0 Å². The molecule has 0 aromatic heterocycles. The van der Waals surface area contributed by atoms with Crippen molar-refractivity contribution < 1.29 is 27.4 Å². The first-order valence-electron chi connectivity index (χ1n) is 8.47. The van der Waals surface area contributed by atoms with E-state index in [0.717, 1.165) is 12.5 Å². The van der Waals surface area contributed by atoms with Crippen molar-refractivity contribution in [2.75, 3.05) is 18.5 Å². The van der Waals surface area contributed by atoms with Gasteiger partial charge >= 0.3 is 6.18 Å². The molecule has 0 fully saturated rings. The Bertz CT molecular complexity index is 575. The van der Waals surface area contributed by atoms with Gasteiger partial charge in [-0.2, -0.15) is 13.2 Å². The van der Waals surface area contributed by atoms with Gasteiger partial charge in [-0.15, -0.1) is 0 Å². The Labute approximate surface area is 146 Å². The third kappa shape index (κ3) is 5.92. The molecule has 0 bridgehead atoms. The average molecular weight is 361 g/mol. The van der Waals surface area contributed by atoms with Crippen molar-refractivity contribution in [1.82, 2.24) is 0 Å². The Kier molecular flexibility index (Phi) is 7.73. The number of benzene rings is 1. The fraction of sp³-hybridized carbons (Fsp3) is 0.611. The summed E-state index contributed by atoms with van der Waals surface area (Å²) in [6.45, 7) is 7.62. The predicted octanol–water partition coefficient (Wildman–Crippen LogP) is 5.03. The lowest BCUT2D eigenvalue weighted by Crippen LogP contribution is -2.43. The first kappa shape index (κ1) is 21.3. The first-order chi connectivity index (χ1) is 11.7. The molecule has 0 aliphatic carbocycles. The molecule has 0 saturated carbocycles. The molecule has 0 aliphatic rings. The Morgan fingerprint density at radius 3 is 2.36 bits per heavy atom. The zero-order valence-electron chi connectivity index (χ0n) is 15.1. The summed E-state index contributed by atoms with van der Waals surface area (Å²) in [6, 6.07) is 3.49. The van der Waals surface area contributed by atoms with Crippen LogP contribution in [0.3, 0.4) is 0 Å². The largest absolute Gasteiger partial charge is 0.493 e. The Hall–Kier alpha value is -1.76. The molecule has 1 aromatic carbocycles. The summed E-state index contributed by atoms with van der Waals surface area (Å²) >= 11 is 0. The predicted molar refractivity (Wildman–Crippen MR) is 90.8 cm³/mol. The van der Waals surface area contributed by atoms with Crippen molar-refractivity contribution in [3.63, 3.8) is 0 Å². The number of rotatable bonds is 9. The molecule has 0 aliphatic heterocycles. The van der Waals surface area contributed by atoms with Gasteiger partial charge in [-0.3, -0.25) is 4.79 Å². The van der Waals surface area contributed by atoms with Crippen LogP contribution in [0.2, 0.25) is 0 Å². The van der Waals surface area contributed by atoms with E-state index in [9.17, 15) is 18.0 Å². The van der Waals surface area contributed by atoms with Gasteiger partial charge in [0.25, 0.3) is 5.91 Å². The van der Waals surface area contributed by atoms with Gasteiger partial charge in [0, 0.05) is 12.3 Å². The van der Waals surface area contributed by atoms with Crippen LogP contribution < -0.4 is 10.1 Å². The molecule has 1 amide bonds. The topological polar surface area (TPSA) is 47.6 Å². The zero-order valence-corrected chi connectivity index (χ0v) is 15.1. The molecule has 0 unspecified atom stereocenters. The number of ether oxygens (including phenoxy) is 2. The number of anilines is 1. The summed E-state index contributed by atoms with van der Waals surface area (Å²) in [5.41, 5.74) is -1.94. The van der Waals surface area contributed by atoms with Crippen molar-refractivity contribution in [3.8, 4) is 5.75 Å². The number of halogens is 3. The van der Waals surface area contributed by atoms with Crippen LogP contribution in [0, 0.1) is 0 Å². The highest BCUT2D eigenvalue weighted by atomic mass is 19.4. The number of alkyl halides is 3. The van der Waals surface area contributed by atoms with Crippen LogP contribution >= 0.6 is 0 Å². The molecule has 1 aromatic rings. The second-order valence-corrected chi connectivity index (χ2v) is 5.93. The molecule has 0 heterocycles. The normalized spacial score (nSPS) is 14.0. The Balaban J connectivity index is 3.06. The number of amides is 1. The maximum Gasteiger partial charge on any atom is 0.420 e. The molecule has 25 heavy (non-hydrogen) atoms. The Morgan fingerprint density at radius 1 is 1.16 bits per heavy atom. The lowest BCUT2D eigenvalue weighted by Gasteiger charge is -2.28. The highest BCUT2D eigenvalue weighted by molar-refractivity contribution is 5.97. The molecule has 142 valence electrons. The van der Waals surface area contributed by atoms with Gasteiger partial charge in [-0.25, -0.2) is 0 Å². The van der Waals surface area contributed by atoms with Crippen molar-refractivity contribution in [1.29, 1.82) is 0 Å². The summed E-state index contributed by atoms with van der Waals surface area (Å²) < 4.78 is 50.3. The molecule has 0 spiro atoms. The summed E-state index contributed by atoms with van der Waals surface area (Å²) in [5, 5.41) is 2.54. The van der Waals surface area contributed by atoms with Crippen molar-refractivity contribution >= 4 is 11.6 Å². The molecule has 0 saturated heterocycles. The van der Waals surface area contributed by atoms with Crippen molar-refractivity contribution in [3.05, 3.63) is 23.8 Å². The number of carbonyl (C=O) groups is 1. The number of carbonyl (C=O) groups excluding carboxylic acids is 1. The molecule has 1 N–H and O–H groups in total. The first-order valence-corrected chi connectivity index (χ1v) is 8.47. The van der Waals surface area contributed by atoms with Crippen LogP contribution in [0.4, 0.5) is 18.9 Å². The third-order valence-corrected chi connectivity index (χ3v) is 3.67. The highest BCUT2D eigenvalue weighted by Gasteiger charge is 2.36. The summed E-state index contributed by atoms with van der Waals surface area (Å²) in [6.07, 6.45) is -2.64. The van der Waals surface area contributed by atoms with E-state index in [-0.39, 0.29) is 18.0 Å². The maximum atomic E-state index is 13.2. The molecule has 1 atom stereocenters. The van der Waals surface area contributed by atoms with Gasteiger partial charge in [0.1, 0.15) is 11.4 Å². The van der Waals surface area contributed by atoms with Crippen molar-refractivity contribution in [2.45, 2.75) is 58.7 Å². The second-order valence-electron chi connectivity index (χ2n) is 5.93. The molecule has 1 rings (SSSR count). The van der Waals surface area contributed by atoms with Crippen LogP contribution in [-0.2, 0) is 15.7 Å². The molecule has 7 heteroatoms. The molecular weight excluding hydrogens is 335 g/mol. The van der Waals surface area contributed by atoms with Gasteiger partial charge in [0.2, 0.25) is 0 Å². The van der Waals surface area contributed by atoms with E-state index in [2.05, 4.69) is 5.32 Å². The molecule has 4 nitrogen and oxygen atoms in total. The van der Waals surface area contributed by atoms with Gasteiger partial charge in [-0.05, 0) is 44.9 Å². The smallest absolute Gasteiger partial charge is 0.420 e. The van der Waals surface area contributed by atoms with Crippen LogP contribution in [0.15, 0.2) is 18.2 Å². The van der Waals surface area contributed by atoms with Crippen LogP contribution in [0.25, 0.3) is 0 Å². The van der Waals surface area contributed by atoms with Crippen LogP contribution in [0.5, 0.6) is 5.75 Å². The fourth-order valence-electron chi connectivity index (χ4n) is 2.43. The third-order valence-electron chi connectivity index (χ3n) is 3.67. The van der Waals surface area contributed by atoms with E-state index in [1.54, 1.807) is 13.8 Å². The number of hydrogen-bond acceptors (Lipinski definition) is 3. The van der Waals surface area contributed by atoms with Gasteiger partial charge < -0.3 is 14.8 Å². The lowest BCUT2D eigenvalue weighted by molar-refractivity contribution is -0.141. The number of nitrogens with one attached hydrogen (secondary N) is 1. The number of hydrogen-bond donors (Lipinski definition) is 1. The second kappa shape index (κ2) is 9.08. The minimum Gasteiger partial charge on any atom is -0.493 e. The van der Waals surface area contributed by atoms with Gasteiger partial charge in [0.05, 0.1) is 12.2 Å². The lowest BCUT2D eigenvalue weighted by atomic mass is 9.98. The zero-order chi connectivity index (χ0) is 19.1. The summed E-state index contributed by atoms with van der Waals surface area (Å²) in [5.74, 6) is -0.716. The fourth-order valence-corrected chi connectivity index (χ4v) is 2.43. The molecular formula is C18H26F3NO3. The van der Waals surface area contributed by atoms with Gasteiger partial charge in [0.15, 0.2) is 0 Å². The van der Waals surface area contributed by atoms with E-state index in [1.165, 1.54) is 12.1 Å². The van der Waals surface area contributed by atoms with E-state index in [1.807, 2.05) is 13.8 Å². The van der Waals surface area contributed by atoms with E-state index in [0.29, 0.717) is 19.4 Å². The van der Waals surface area contributed by atoms with Crippen molar-refractivity contribution in [2.24, 2.45) is 0 Å². The summed E-state index contributed by atoms with van der Waals surface area (Å²) in [4.78, 5) is 12.6. The standard InChI is InChI=1S/C18H26F3NO3/c1-5-10-17(4,25-11-6-2)16(23)22-13-8-9-15(24-7-3)14(12-13)18(19,20)21/h8-9,12H,5-7,10-11H2,1-4H3,(H,22,23)/t17-/m1/s1. The van der Waals surface area contributed by atoms with Crippen LogP contribution in [0.1, 0.15) is 52.5 Å². The summed E-state index contributed by atoms with van der Waals surface area (Å²) in [7, 11) is 0.